The number of hydrogen-bond donors (Lipinski definition) is 2. The molecule has 1 unspecified atom stereocenters. The first-order valence-electron chi connectivity index (χ1n) is 10.2. The number of hydrogen-bond acceptors (Lipinski definition) is 5. The number of benzene rings is 3. The molecule has 0 aliphatic carbocycles. The smallest absolute Gasteiger partial charge is 0.333 e. The molecule has 0 heterocycles. The van der Waals surface area contributed by atoms with Gasteiger partial charge >= 0.3 is 5.97 Å². The first-order chi connectivity index (χ1) is 15.2. The summed E-state index contributed by atoms with van der Waals surface area (Å²) >= 11 is 0. The Morgan fingerprint density at radius 2 is 1.42 bits per heavy atom. The van der Waals surface area contributed by atoms with Crippen molar-refractivity contribution in [1.29, 1.82) is 0 Å². The van der Waals surface area contributed by atoms with Gasteiger partial charge < -0.3 is 15.0 Å². The fourth-order valence-electron chi connectivity index (χ4n) is 3.02. The summed E-state index contributed by atoms with van der Waals surface area (Å²) in [5, 5.41) is 14.2. The van der Waals surface area contributed by atoms with Crippen LogP contribution in [-0.4, -0.2) is 30.0 Å². The monoisotopic (exact) mass is 470 g/mol. The van der Waals surface area contributed by atoms with E-state index >= 15 is 0 Å². The number of nitrogens with one attached hydrogen (secondary N) is 1. The maximum absolute atomic E-state index is 12.3. The lowest BCUT2D eigenvalue weighted by Crippen LogP contribution is -2.52. The van der Waals surface area contributed by atoms with Crippen molar-refractivity contribution in [1.82, 2.24) is 5.32 Å². The van der Waals surface area contributed by atoms with E-state index in [4.69, 9.17) is 0 Å². The maximum Gasteiger partial charge on any atom is 0.333 e. The Morgan fingerprint density at radius 1 is 0.879 bits per heavy atom. The standard InChI is InChI=1S/C18H21NO3.C7H8O3S/c1-17(2,3)15(20)19-18(4,16(21)22)14-11-7-9-12-8-5-6-10-13(12)14;1-6-2-4-7(5-3-6)11(8,9)10/h5-11H,1-4H3,(H,19,20)(H,21,22);2-5H,1H3,(H,8,9,10)/p-1. The molecule has 0 saturated heterocycles. The third-order valence-corrected chi connectivity index (χ3v) is 5.96. The van der Waals surface area contributed by atoms with E-state index in [-0.39, 0.29) is 10.8 Å². The fraction of sp³-hybridized carbons (Fsp3) is 0.280. The Balaban J connectivity index is 0.000000294. The Morgan fingerprint density at radius 3 is 1.94 bits per heavy atom. The molecule has 3 aromatic carbocycles. The quantitative estimate of drug-likeness (QED) is 0.551. The van der Waals surface area contributed by atoms with Crippen LogP contribution >= 0.6 is 0 Å². The number of carboxylic acid groups (broad SMARTS) is 1. The highest BCUT2D eigenvalue weighted by Gasteiger charge is 2.40. The van der Waals surface area contributed by atoms with E-state index < -0.39 is 27.0 Å². The predicted molar refractivity (Wildman–Crippen MR) is 126 cm³/mol. The van der Waals surface area contributed by atoms with Gasteiger partial charge in [0.15, 0.2) is 5.54 Å². The molecule has 0 aliphatic heterocycles. The van der Waals surface area contributed by atoms with Crippen molar-refractivity contribution >= 4 is 32.8 Å². The summed E-state index contributed by atoms with van der Waals surface area (Å²) in [7, 11) is -4.27. The summed E-state index contributed by atoms with van der Waals surface area (Å²) in [6.45, 7) is 8.62. The molecule has 0 radical (unpaired) electrons. The highest BCUT2D eigenvalue weighted by atomic mass is 32.2. The highest BCUT2D eigenvalue weighted by Crippen LogP contribution is 2.30. The maximum atomic E-state index is 12.3. The van der Waals surface area contributed by atoms with Crippen molar-refractivity contribution in [3.63, 3.8) is 0 Å². The molecule has 0 fully saturated rings. The van der Waals surface area contributed by atoms with Gasteiger partial charge in [0.2, 0.25) is 5.91 Å². The summed E-state index contributed by atoms with van der Waals surface area (Å²) in [6, 6.07) is 18.8. The second kappa shape index (κ2) is 9.72. The van der Waals surface area contributed by atoms with Gasteiger partial charge in [-0.25, -0.2) is 13.2 Å². The number of aliphatic carboxylic acids is 1. The molecule has 0 aliphatic rings. The zero-order chi connectivity index (χ0) is 25.0. The van der Waals surface area contributed by atoms with Crippen LogP contribution in [0.4, 0.5) is 0 Å². The lowest BCUT2D eigenvalue weighted by molar-refractivity contribution is -0.148. The average Bonchev–Trinajstić information content (AvgIpc) is 2.72. The van der Waals surface area contributed by atoms with E-state index in [0.717, 1.165) is 16.3 Å². The lowest BCUT2D eigenvalue weighted by atomic mass is 9.85. The third kappa shape index (κ3) is 6.40. The van der Waals surface area contributed by atoms with Crippen LogP contribution in [0, 0.1) is 12.3 Å². The van der Waals surface area contributed by atoms with Crippen molar-refractivity contribution in [2.24, 2.45) is 5.41 Å². The number of aryl methyl sites for hydroxylation is 1. The van der Waals surface area contributed by atoms with E-state index in [1.54, 1.807) is 39.0 Å². The van der Waals surface area contributed by atoms with Gasteiger partial charge in [-0.15, -0.1) is 0 Å². The van der Waals surface area contributed by atoms with Gasteiger partial charge in [0.1, 0.15) is 10.1 Å². The van der Waals surface area contributed by atoms with E-state index in [2.05, 4.69) is 5.32 Å². The molecule has 33 heavy (non-hydrogen) atoms. The highest BCUT2D eigenvalue weighted by molar-refractivity contribution is 7.85. The number of carboxylic acids is 1. The van der Waals surface area contributed by atoms with E-state index in [1.807, 2.05) is 43.3 Å². The Kier molecular flexibility index (Phi) is 7.67. The van der Waals surface area contributed by atoms with Crippen molar-refractivity contribution in [3.8, 4) is 0 Å². The Hall–Kier alpha value is -3.23. The van der Waals surface area contributed by atoms with Crippen LogP contribution in [0.2, 0.25) is 0 Å². The molecule has 0 spiro atoms. The SMILES string of the molecule is CC(C)(C)C(=O)NC(C)(C(=O)O)c1cccc2ccccc12.Cc1ccc(S(=O)(=O)[O-])cc1. The zero-order valence-corrected chi connectivity index (χ0v) is 20.1. The van der Waals surface area contributed by atoms with E-state index in [1.165, 1.54) is 19.1 Å². The molecule has 0 saturated carbocycles. The first kappa shape index (κ1) is 26.0. The minimum Gasteiger partial charge on any atom is -0.744 e. The molecule has 0 aromatic heterocycles. The van der Waals surface area contributed by atoms with Crippen LogP contribution in [-0.2, 0) is 25.2 Å². The molecule has 3 rings (SSSR count). The number of carbonyl (C=O) groups excluding carboxylic acids is 1. The molecule has 176 valence electrons. The fourth-order valence-corrected chi connectivity index (χ4v) is 3.49. The van der Waals surface area contributed by atoms with Crippen LogP contribution in [0.25, 0.3) is 10.8 Å². The number of amides is 1. The molecular formula is C25H28NO6S-. The molecule has 2 N–H and O–H groups in total. The van der Waals surface area contributed by atoms with Crippen LogP contribution in [0.1, 0.15) is 38.8 Å². The molecule has 0 bridgehead atoms. The molecular weight excluding hydrogens is 442 g/mol. The van der Waals surface area contributed by atoms with Gasteiger partial charge in [-0.3, -0.25) is 4.79 Å². The Bertz CT molecular complexity index is 1250. The van der Waals surface area contributed by atoms with Crippen LogP contribution in [0.5, 0.6) is 0 Å². The van der Waals surface area contributed by atoms with Crippen molar-refractivity contribution < 1.29 is 27.7 Å². The second-order valence-corrected chi connectivity index (χ2v) is 10.3. The van der Waals surface area contributed by atoms with Crippen LogP contribution < -0.4 is 5.32 Å². The van der Waals surface area contributed by atoms with Crippen molar-refractivity contribution in [2.75, 3.05) is 0 Å². The first-order valence-corrected chi connectivity index (χ1v) is 11.6. The number of carbonyl (C=O) groups is 2. The molecule has 1 amide bonds. The third-order valence-electron chi connectivity index (χ3n) is 5.11. The minimum atomic E-state index is -4.27. The number of fused-ring (bicyclic) bond motifs is 1. The summed E-state index contributed by atoms with van der Waals surface area (Å²) in [6.07, 6.45) is 0. The summed E-state index contributed by atoms with van der Waals surface area (Å²) in [5.74, 6) is -1.38. The summed E-state index contributed by atoms with van der Waals surface area (Å²) in [5.41, 5.74) is -0.639. The van der Waals surface area contributed by atoms with Crippen LogP contribution in [0.15, 0.2) is 71.6 Å². The van der Waals surface area contributed by atoms with E-state index in [0.29, 0.717) is 5.56 Å². The second-order valence-electron chi connectivity index (χ2n) is 8.93. The Labute approximate surface area is 194 Å². The summed E-state index contributed by atoms with van der Waals surface area (Å²) in [4.78, 5) is 24.1. The lowest BCUT2D eigenvalue weighted by Gasteiger charge is -2.31. The molecule has 7 nitrogen and oxygen atoms in total. The van der Waals surface area contributed by atoms with Gasteiger partial charge in [0, 0.05) is 5.41 Å². The van der Waals surface area contributed by atoms with Gasteiger partial charge in [-0.2, -0.15) is 0 Å². The van der Waals surface area contributed by atoms with E-state index in [9.17, 15) is 27.7 Å². The minimum absolute atomic E-state index is 0.178. The topological polar surface area (TPSA) is 124 Å². The zero-order valence-electron chi connectivity index (χ0n) is 19.2. The van der Waals surface area contributed by atoms with Crippen molar-refractivity contribution in [3.05, 3.63) is 77.9 Å². The molecule has 1 atom stereocenters. The largest absolute Gasteiger partial charge is 0.744 e. The van der Waals surface area contributed by atoms with Gasteiger partial charge in [-0.05, 0) is 42.3 Å². The summed E-state index contributed by atoms with van der Waals surface area (Å²) < 4.78 is 31.2. The molecule has 8 heteroatoms. The predicted octanol–water partition coefficient (Wildman–Crippen LogP) is 4.20. The van der Waals surface area contributed by atoms with Gasteiger partial charge in [0.05, 0.1) is 4.90 Å². The normalized spacial score (nSPS) is 13.4. The average molecular weight is 471 g/mol. The number of rotatable bonds is 4. The van der Waals surface area contributed by atoms with Crippen LogP contribution in [0.3, 0.4) is 0 Å². The molecule has 3 aromatic rings. The van der Waals surface area contributed by atoms with Gasteiger partial charge in [0.25, 0.3) is 0 Å². The van der Waals surface area contributed by atoms with Gasteiger partial charge in [-0.1, -0.05) is 80.9 Å². The van der Waals surface area contributed by atoms with Crippen molar-refractivity contribution in [2.45, 2.75) is 45.1 Å².